The van der Waals surface area contributed by atoms with Crippen LogP contribution in [0.4, 0.5) is 5.00 Å². The maximum atomic E-state index is 12.0. The molecular weight excluding hydrogens is 276 g/mol. The van der Waals surface area contributed by atoms with Crippen LogP contribution in [0.2, 0.25) is 0 Å². The lowest BCUT2D eigenvalue weighted by Crippen LogP contribution is -2.12. The average molecular weight is 286 g/mol. The normalized spacial score (nSPS) is 9.60. The second-order valence-corrected chi connectivity index (χ2v) is 4.71. The van der Waals surface area contributed by atoms with Gasteiger partial charge in [-0.15, -0.1) is 11.3 Å². The standard InChI is InChI=1S/C14H10N2O3S/c1-19-14(18)10-4-2-9(3-5-10)12(17)16-13-11(8-15)6-7-20-13/h2-7H,1H3,(H,16,17). The number of benzene rings is 1. The van der Waals surface area contributed by atoms with Crippen LogP contribution in [0.3, 0.4) is 0 Å². The van der Waals surface area contributed by atoms with Crippen molar-refractivity contribution in [3.63, 3.8) is 0 Å². The third kappa shape index (κ3) is 2.84. The van der Waals surface area contributed by atoms with Gasteiger partial charge in [0.1, 0.15) is 11.1 Å². The van der Waals surface area contributed by atoms with Crippen LogP contribution >= 0.6 is 11.3 Å². The van der Waals surface area contributed by atoms with Gasteiger partial charge in [0.25, 0.3) is 5.91 Å². The molecule has 1 aromatic carbocycles. The van der Waals surface area contributed by atoms with Crippen LogP contribution in [0, 0.1) is 11.3 Å². The number of hydrogen-bond donors (Lipinski definition) is 1. The molecule has 0 fully saturated rings. The maximum absolute atomic E-state index is 12.0. The van der Waals surface area contributed by atoms with Crippen molar-refractivity contribution >= 4 is 28.2 Å². The Kier molecular flexibility index (Phi) is 4.13. The molecule has 1 amide bonds. The highest BCUT2D eigenvalue weighted by atomic mass is 32.1. The summed E-state index contributed by atoms with van der Waals surface area (Å²) >= 11 is 1.28. The molecule has 2 aromatic rings. The van der Waals surface area contributed by atoms with Crippen molar-refractivity contribution < 1.29 is 14.3 Å². The fourth-order valence-electron chi connectivity index (χ4n) is 1.54. The number of carbonyl (C=O) groups is 2. The molecule has 1 N–H and O–H groups in total. The number of thiophene rings is 1. The third-order valence-electron chi connectivity index (χ3n) is 2.58. The number of nitrogens with zero attached hydrogens (tertiary/aromatic N) is 1. The van der Waals surface area contributed by atoms with Crippen molar-refractivity contribution in [3.05, 3.63) is 52.4 Å². The first-order valence-electron chi connectivity index (χ1n) is 5.63. The molecule has 0 radical (unpaired) electrons. The predicted octanol–water partition coefficient (Wildman–Crippen LogP) is 2.66. The van der Waals surface area contributed by atoms with Gasteiger partial charge in [-0.05, 0) is 35.7 Å². The highest BCUT2D eigenvalue weighted by Crippen LogP contribution is 2.22. The number of anilines is 1. The van der Waals surface area contributed by atoms with Crippen molar-refractivity contribution in [3.8, 4) is 6.07 Å². The zero-order valence-corrected chi connectivity index (χ0v) is 11.4. The molecule has 0 aliphatic carbocycles. The molecule has 0 bridgehead atoms. The van der Waals surface area contributed by atoms with Gasteiger partial charge in [0.05, 0.1) is 18.2 Å². The van der Waals surface area contributed by atoms with Gasteiger partial charge in [0.15, 0.2) is 0 Å². The molecule has 0 unspecified atom stereocenters. The molecule has 5 nitrogen and oxygen atoms in total. The van der Waals surface area contributed by atoms with Crippen LogP contribution in [0.15, 0.2) is 35.7 Å². The molecule has 0 saturated carbocycles. The summed E-state index contributed by atoms with van der Waals surface area (Å²) in [7, 11) is 1.29. The van der Waals surface area contributed by atoms with Gasteiger partial charge >= 0.3 is 5.97 Å². The van der Waals surface area contributed by atoms with Crippen LogP contribution in [0.25, 0.3) is 0 Å². The lowest BCUT2D eigenvalue weighted by atomic mass is 10.1. The van der Waals surface area contributed by atoms with Crippen LogP contribution in [0.1, 0.15) is 26.3 Å². The number of ether oxygens (including phenoxy) is 1. The van der Waals surface area contributed by atoms with Crippen LogP contribution in [0.5, 0.6) is 0 Å². The minimum Gasteiger partial charge on any atom is -0.465 e. The molecule has 0 atom stereocenters. The topological polar surface area (TPSA) is 79.2 Å². The number of amides is 1. The molecule has 2 rings (SSSR count). The maximum Gasteiger partial charge on any atom is 0.337 e. The molecule has 6 heteroatoms. The van der Waals surface area contributed by atoms with E-state index in [1.165, 1.54) is 42.7 Å². The number of nitrogens with one attached hydrogen (secondary N) is 1. The van der Waals surface area contributed by atoms with Crippen LogP contribution in [-0.2, 0) is 4.74 Å². The number of esters is 1. The predicted molar refractivity (Wildman–Crippen MR) is 74.8 cm³/mol. The SMILES string of the molecule is COC(=O)c1ccc(C(=O)Nc2sccc2C#N)cc1. The second-order valence-electron chi connectivity index (χ2n) is 3.80. The highest BCUT2D eigenvalue weighted by Gasteiger charge is 2.11. The largest absolute Gasteiger partial charge is 0.465 e. The van der Waals surface area contributed by atoms with Crippen LogP contribution in [-0.4, -0.2) is 19.0 Å². The van der Waals surface area contributed by atoms with Gasteiger partial charge in [0, 0.05) is 5.56 Å². The van der Waals surface area contributed by atoms with Gasteiger partial charge in [-0.3, -0.25) is 4.79 Å². The first kappa shape index (κ1) is 13.8. The Morgan fingerprint density at radius 3 is 2.45 bits per heavy atom. The zero-order valence-electron chi connectivity index (χ0n) is 10.5. The number of carbonyl (C=O) groups excluding carboxylic acids is 2. The fraction of sp³-hybridized carbons (Fsp3) is 0.0714. The Morgan fingerprint density at radius 2 is 1.85 bits per heavy atom. The van der Waals surface area contributed by atoms with Crippen LogP contribution < -0.4 is 5.32 Å². The van der Waals surface area contributed by atoms with E-state index in [-0.39, 0.29) is 5.91 Å². The fourth-order valence-corrected chi connectivity index (χ4v) is 2.28. The Morgan fingerprint density at radius 1 is 1.20 bits per heavy atom. The molecule has 100 valence electrons. The van der Waals surface area contributed by atoms with Crippen molar-refractivity contribution in [2.75, 3.05) is 12.4 Å². The molecule has 20 heavy (non-hydrogen) atoms. The number of hydrogen-bond acceptors (Lipinski definition) is 5. The second kappa shape index (κ2) is 5.99. The number of rotatable bonds is 3. The van der Waals surface area contributed by atoms with Gasteiger partial charge in [-0.25, -0.2) is 4.79 Å². The summed E-state index contributed by atoms with van der Waals surface area (Å²) in [4.78, 5) is 23.3. The van der Waals surface area contributed by atoms with E-state index in [9.17, 15) is 9.59 Å². The van der Waals surface area contributed by atoms with Gasteiger partial charge in [-0.2, -0.15) is 5.26 Å². The smallest absolute Gasteiger partial charge is 0.337 e. The van der Waals surface area contributed by atoms with Gasteiger partial charge in [0.2, 0.25) is 0 Å². The first-order chi connectivity index (χ1) is 9.65. The zero-order chi connectivity index (χ0) is 14.5. The highest BCUT2D eigenvalue weighted by molar-refractivity contribution is 7.14. The lowest BCUT2D eigenvalue weighted by Gasteiger charge is -2.04. The van der Waals surface area contributed by atoms with E-state index >= 15 is 0 Å². The summed E-state index contributed by atoms with van der Waals surface area (Å²) in [5.41, 5.74) is 1.20. The molecule has 0 saturated heterocycles. The van der Waals surface area contributed by atoms with E-state index in [1.54, 1.807) is 11.4 Å². The quantitative estimate of drug-likeness (QED) is 0.880. The Labute approximate surface area is 119 Å². The average Bonchev–Trinajstić information content (AvgIpc) is 2.93. The summed E-state index contributed by atoms with van der Waals surface area (Å²) in [5, 5.41) is 13.8. The Hall–Kier alpha value is -2.65. The third-order valence-corrected chi connectivity index (χ3v) is 3.41. The van der Waals surface area contributed by atoms with Gasteiger partial charge in [-0.1, -0.05) is 0 Å². The summed E-state index contributed by atoms with van der Waals surface area (Å²) in [6.45, 7) is 0. The van der Waals surface area contributed by atoms with Crippen molar-refractivity contribution in [1.82, 2.24) is 0 Å². The molecular formula is C14H10N2O3S. The van der Waals surface area contributed by atoms with E-state index in [2.05, 4.69) is 10.1 Å². The van der Waals surface area contributed by atoms with Crippen molar-refractivity contribution in [1.29, 1.82) is 5.26 Å². The monoisotopic (exact) mass is 286 g/mol. The van der Waals surface area contributed by atoms with Crippen molar-refractivity contribution in [2.24, 2.45) is 0 Å². The number of methoxy groups -OCH3 is 1. The molecule has 1 heterocycles. The van der Waals surface area contributed by atoms with E-state index in [4.69, 9.17) is 5.26 Å². The minimum atomic E-state index is -0.456. The molecule has 1 aromatic heterocycles. The van der Waals surface area contributed by atoms with E-state index in [0.29, 0.717) is 21.7 Å². The summed E-state index contributed by atoms with van der Waals surface area (Å²) in [6, 6.07) is 9.72. The van der Waals surface area contributed by atoms with Gasteiger partial charge < -0.3 is 10.1 Å². The van der Waals surface area contributed by atoms with E-state index in [0.717, 1.165) is 0 Å². The molecule has 0 spiro atoms. The van der Waals surface area contributed by atoms with E-state index in [1.807, 2.05) is 6.07 Å². The summed E-state index contributed by atoms with van der Waals surface area (Å²) < 4.78 is 4.58. The Bertz CT molecular complexity index is 683. The number of nitriles is 1. The Balaban J connectivity index is 2.14. The summed E-state index contributed by atoms with van der Waals surface area (Å²) in [5.74, 6) is -0.789. The molecule has 0 aliphatic heterocycles. The minimum absolute atomic E-state index is 0.333. The molecule has 0 aliphatic rings. The summed E-state index contributed by atoms with van der Waals surface area (Å²) in [6.07, 6.45) is 0. The van der Waals surface area contributed by atoms with E-state index < -0.39 is 5.97 Å². The lowest BCUT2D eigenvalue weighted by molar-refractivity contribution is 0.0600. The van der Waals surface area contributed by atoms with Crippen molar-refractivity contribution in [2.45, 2.75) is 0 Å². The first-order valence-corrected chi connectivity index (χ1v) is 6.51.